The van der Waals surface area contributed by atoms with Crippen molar-refractivity contribution in [2.24, 2.45) is 0 Å². The van der Waals surface area contributed by atoms with Gasteiger partial charge in [-0.3, -0.25) is 0 Å². The Morgan fingerprint density at radius 2 is 1.60 bits per heavy atom. The minimum atomic E-state index is 0.533. The predicted molar refractivity (Wildman–Crippen MR) is 103 cm³/mol. The van der Waals surface area contributed by atoms with Crippen LogP contribution in [0.25, 0.3) is 0 Å². The van der Waals surface area contributed by atoms with Crippen molar-refractivity contribution in [1.82, 2.24) is 5.32 Å². The lowest BCUT2D eigenvalue weighted by molar-refractivity contribution is 0.217. The summed E-state index contributed by atoms with van der Waals surface area (Å²) in [4.78, 5) is 0. The van der Waals surface area contributed by atoms with E-state index >= 15 is 0 Å². The van der Waals surface area contributed by atoms with Crippen molar-refractivity contribution in [3.63, 3.8) is 0 Å². The maximum absolute atomic E-state index is 5.73. The van der Waals surface area contributed by atoms with Crippen LogP contribution in [0.2, 0.25) is 0 Å². The van der Waals surface area contributed by atoms with E-state index in [2.05, 4.69) is 29.7 Å². The third kappa shape index (κ3) is 5.98. The Kier molecular flexibility index (Phi) is 6.57. The topological polar surface area (TPSA) is 42.5 Å². The largest absolute Gasteiger partial charge is 0.490 e. The second kappa shape index (κ2) is 9.33. The Hall–Kier alpha value is -2.20. The number of rotatable bonds is 8. The van der Waals surface area contributed by atoms with E-state index in [0.29, 0.717) is 25.3 Å². The van der Waals surface area contributed by atoms with Gasteiger partial charge in [-0.05, 0) is 56.2 Å². The van der Waals surface area contributed by atoms with Gasteiger partial charge in [0, 0.05) is 24.3 Å². The summed E-state index contributed by atoms with van der Waals surface area (Å²) >= 11 is 0. The lowest BCUT2D eigenvalue weighted by Crippen LogP contribution is -2.44. The summed E-state index contributed by atoms with van der Waals surface area (Å²) in [6, 6.07) is 19.1. The normalized spacial score (nSPS) is 20.0. The Morgan fingerprint density at radius 1 is 0.920 bits per heavy atom. The maximum atomic E-state index is 5.73. The first-order valence-corrected chi connectivity index (χ1v) is 9.20. The van der Waals surface area contributed by atoms with Gasteiger partial charge in [0.1, 0.15) is 24.7 Å². The molecule has 134 valence electrons. The van der Waals surface area contributed by atoms with Crippen LogP contribution in [-0.2, 0) is 0 Å². The molecule has 0 spiro atoms. The molecule has 1 aliphatic heterocycles. The Bertz CT molecular complexity index is 616. The highest BCUT2D eigenvalue weighted by Crippen LogP contribution is 2.17. The van der Waals surface area contributed by atoms with Crippen molar-refractivity contribution in [2.75, 3.05) is 25.1 Å². The molecule has 2 unspecified atom stereocenters. The van der Waals surface area contributed by atoms with Gasteiger partial charge in [-0.15, -0.1) is 0 Å². The van der Waals surface area contributed by atoms with Crippen LogP contribution in [-0.4, -0.2) is 31.8 Å². The number of hydrogen-bond acceptors (Lipinski definition) is 4. The molecule has 1 saturated heterocycles. The van der Waals surface area contributed by atoms with Gasteiger partial charge in [-0.1, -0.05) is 24.6 Å². The molecule has 3 rings (SSSR count). The van der Waals surface area contributed by atoms with Crippen LogP contribution < -0.4 is 20.1 Å². The zero-order chi connectivity index (χ0) is 17.3. The van der Waals surface area contributed by atoms with Gasteiger partial charge in [0.25, 0.3) is 0 Å². The minimum absolute atomic E-state index is 0.533. The van der Waals surface area contributed by atoms with E-state index < -0.39 is 0 Å². The Morgan fingerprint density at radius 3 is 2.28 bits per heavy atom. The fraction of sp³-hybridized carbons (Fsp3) is 0.429. The van der Waals surface area contributed by atoms with E-state index in [1.807, 2.05) is 42.5 Å². The van der Waals surface area contributed by atoms with Crippen molar-refractivity contribution >= 4 is 5.69 Å². The highest BCUT2D eigenvalue weighted by atomic mass is 16.5. The smallest absolute Gasteiger partial charge is 0.122 e. The van der Waals surface area contributed by atoms with E-state index in [0.717, 1.165) is 23.7 Å². The molecule has 0 aromatic heterocycles. The molecule has 2 aromatic rings. The van der Waals surface area contributed by atoms with E-state index in [-0.39, 0.29) is 0 Å². The molecule has 0 saturated carbocycles. The average Bonchev–Trinajstić information content (AvgIpc) is 2.65. The predicted octanol–water partition coefficient (Wildman–Crippen LogP) is 4.09. The third-order valence-corrected chi connectivity index (χ3v) is 4.48. The maximum Gasteiger partial charge on any atom is 0.122 e. The lowest BCUT2D eigenvalue weighted by atomic mass is 9.99. The molecule has 0 radical (unpaired) electrons. The van der Waals surface area contributed by atoms with Gasteiger partial charge in [-0.2, -0.15) is 0 Å². The van der Waals surface area contributed by atoms with Gasteiger partial charge < -0.3 is 20.1 Å². The third-order valence-electron chi connectivity index (χ3n) is 4.48. The van der Waals surface area contributed by atoms with Crippen LogP contribution in [0.1, 0.15) is 26.2 Å². The number of nitrogens with one attached hydrogen (secondary N) is 2. The Labute approximate surface area is 150 Å². The standard InChI is InChI=1S/C21H28N2O2/c1-17-6-5-7-19(23-17)16-22-18-10-12-21(13-11-18)25-15-14-24-20-8-3-2-4-9-20/h2-4,8-13,17,19,22-23H,5-7,14-16H2,1H3. The summed E-state index contributed by atoms with van der Waals surface area (Å²) in [5, 5.41) is 7.15. The molecule has 0 bridgehead atoms. The molecule has 1 fully saturated rings. The molecule has 2 N–H and O–H groups in total. The molecule has 4 nitrogen and oxygen atoms in total. The van der Waals surface area contributed by atoms with Crippen LogP contribution in [0, 0.1) is 0 Å². The highest BCUT2D eigenvalue weighted by Gasteiger charge is 2.16. The quantitative estimate of drug-likeness (QED) is 0.711. The fourth-order valence-electron chi connectivity index (χ4n) is 3.15. The Balaban J connectivity index is 1.35. The van der Waals surface area contributed by atoms with Crippen LogP contribution in [0.15, 0.2) is 54.6 Å². The zero-order valence-electron chi connectivity index (χ0n) is 14.9. The minimum Gasteiger partial charge on any atom is -0.490 e. The van der Waals surface area contributed by atoms with Gasteiger partial charge in [-0.25, -0.2) is 0 Å². The molecular formula is C21H28N2O2. The second-order valence-corrected chi connectivity index (χ2v) is 6.61. The first kappa shape index (κ1) is 17.6. The van der Waals surface area contributed by atoms with Gasteiger partial charge in [0.05, 0.1) is 0 Å². The fourth-order valence-corrected chi connectivity index (χ4v) is 3.15. The summed E-state index contributed by atoms with van der Waals surface area (Å²) in [5.74, 6) is 1.74. The summed E-state index contributed by atoms with van der Waals surface area (Å²) in [6.45, 7) is 4.30. The van der Waals surface area contributed by atoms with E-state index in [1.165, 1.54) is 19.3 Å². The molecule has 2 aromatic carbocycles. The lowest BCUT2D eigenvalue weighted by Gasteiger charge is -2.29. The van der Waals surface area contributed by atoms with E-state index in [9.17, 15) is 0 Å². The molecule has 4 heteroatoms. The van der Waals surface area contributed by atoms with Crippen molar-refractivity contribution in [1.29, 1.82) is 0 Å². The molecule has 1 heterocycles. The number of para-hydroxylation sites is 1. The number of hydrogen-bond donors (Lipinski definition) is 2. The SMILES string of the molecule is CC1CCCC(CNc2ccc(OCCOc3ccccc3)cc2)N1. The highest BCUT2D eigenvalue weighted by molar-refractivity contribution is 5.46. The van der Waals surface area contributed by atoms with Crippen molar-refractivity contribution in [3.8, 4) is 11.5 Å². The number of anilines is 1. The molecule has 0 aliphatic carbocycles. The first-order valence-electron chi connectivity index (χ1n) is 9.20. The second-order valence-electron chi connectivity index (χ2n) is 6.61. The summed E-state index contributed by atoms with van der Waals surface area (Å²) in [6.07, 6.45) is 3.86. The monoisotopic (exact) mass is 340 g/mol. The molecular weight excluding hydrogens is 312 g/mol. The molecule has 25 heavy (non-hydrogen) atoms. The number of benzene rings is 2. The van der Waals surface area contributed by atoms with Crippen LogP contribution in [0.5, 0.6) is 11.5 Å². The van der Waals surface area contributed by atoms with Crippen LogP contribution in [0.3, 0.4) is 0 Å². The van der Waals surface area contributed by atoms with Crippen molar-refractivity contribution in [3.05, 3.63) is 54.6 Å². The summed E-state index contributed by atoms with van der Waals surface area (Å²) < 4.78 is 11.3. The van der Waals surface area contributed by atoms with Gasteiger partial charge in [0.2, 0.25) is 0 Å². The molecule has 2 atom stereocenters. The first-order chi connectivity index (χ1) is 12.3. The van der Waals surface area contributed by atoms with Crippen molar-refractivity contribution in [2.45, 2.75) is 38.3 Å². The van der Waals surface area contributed by atoms with Gasteiger partial charge >= 0.3 is 0 Å². The zero-order valence-corrected chi connectivity index (χ0v) is 14.9. The van der Waals surface area contributed by atoms with Crippen LogP contribution >= 0.6 is 0 Å². The van der Waals surface area contributed by atoms with Gasteiger partial charge in [0.15, 0.2) is 0 Å². The van der Waals surface area contributed by atoms with E-state index in [1.54, 1.807) is 0 Å². The van der Waals surface area contributed by atoms with Crippen molar-refractivity contribution < 1.29 is 9.47 Å². The summed E-state index contributed by atoms with van der Waals surface area (Å²) in [7, 11) is 0. The summed E-state index contributed by atoms with van der Waals surface area (Å²) in [5.41, 5.74) is 1.13. The number of piperidine rings is 1. The molecule has 1 aliphatic rings. The van der Waals surface area contributed by atoms with E-state index in [4.69, 9.17) is 9.47 Å². The average molecular weight is 340 g/mol. The van der Waals surface area contributed by atoms with Crippen LogP contribution in [0.4, 0.5) is 5.69 Å². The number of ether oxygens (including phenoxy) is 2. The molecule has 0 amide bonds.